The lowest BCUT2D eigenvalue weighted by Crippen LogP contribution is -2.42. The van der Waals surface area contributed by atoms with E-state index in [4.69, 9.17) is 14.6 Å². The van der Waals surface area contributed by atoms with Gasteiger partial charge in [0, 0.05) is 0 Å². The minimum atomic E-state index is -1.13. The van der Waals surface area contributed by atoms with Crippen LogP contribution in [-0.2, 0) is 9.47 Å². The zero-order valence-corrected chi connectivity index (χ0v) is 7.13. The third-order valence-electron chi connectivity index (χ3n) is 2.33. The van der Waals surface area contributed by atoms with Crippen LogP contribution >= 0.6 is 0 Å². The van der Waals surface area contributed by atoms with E-state index in [0.717, 1.165) is 0 Å². The molecule has 0 spiro atoms. The van der Waals surface area contributed by atoms with Crippen LogP contribution in [0.5, 0.6) is 0 Å². The Labute approximate surface area is 66.6 Å². The van der Waals surface area contributed by atoms with Crippen LogP contribution in [0.3, 0.4) is 0 Å². The molecule has 3 nitrogen and oxygen atoms in total. The highest BCUT2D eigenvalue weighted by molar-refractivity contribution is 5.07. The van der Waals surface area contributed by atoms with E-state index in [9.17, 15) is 0 Å². The van der Waals surface area contributed by atoms with Crippen molar-refractivity contribution in [2.45, 2.75) is 38.4 Å². The van der Waals surface area contributed by atoms with Gasteiger partial charge in [-0.25, -0.2) is 0 Å². The molecule has 0 aromatic carbocycles. The number of aliphatic hydroxyl groups is 1. The molecule has 1 rings (SSSR count). The first-order valence-electron chi connectivity index (χ1n) is 3.58. The minimum Gasteiger partial charge on any atom is -0.346 e. The van der Waals surface area contributed by atoms with E-state index in [0.29, 0.717) is 0 Å². The van der Waals surface area contributed by atoms with Crippen LogP contribution in [0.1, 0.15) is 20.8 Å². The quantitative estimate of drug-likeness (QED) is 0.579. The highest BCUT2D eigenvalue weighted by Crippen LogP contribution is 2.38. The fourth-order valence-corrected chi connectivity index (χ4v) is 1.04. The van der Waals surface area contributed by atoms with E-state index in [2.05, 4.69) is 6.58 Å². The average molecular weight is 158 g/mol. The van der Waals surface area contributed by atoms with Crippen LogP contribution in [0.2, 0.25) is 0 Å². The number of hydrogen-bond donors (Lipinski definition) is 1. The summed E-state index contributed by atoms with van der Waals surface area (Å²) in [7, 11) is 0. The number of aliphatic hydroxyl groups excluding tert-OH is 1. The Kier molecular flexibility index (Phi) is 1.82. The molecule has 3 heteroatoms. The first-order valence-corrected chi connectivity index (χ1v) is 3.58. The standard InChI is InChI=1S/C8H14O3/c1-5-8(4)7(2,3)10-6(9)11-8/h5-6,9H,1H2,2-4H3. The van der Waals surface area contributed by atoms with Gasteiger partial charge >= 0.3 is 0 Å². The lowest BCUT2D eigenvalue weighted by atomic mass is 9.88. The van der Waals surface area contributed by atoms with Gasteiger partial charge in [-0.05, 0) is 20.8 Å². The number of rotatable bonds is 1. The molecule has 1 heterocycles. The molecule has 64 valence electrons. The molecular formula is C8H14O3. The minimum absolute atomic E-state index is 0.520. The highest BCUT2D eigenvalue weighted by Gasteiger charge is 2.50. The van der Waals surface area contributed by atoms with Crippen LogP contribution in [-0.4, -0.2) is 22.8 Å². The molecule has 0 saturated carbocycles. The third kappa shape index (κ3) is 1.20. The summed E-state index contributed by atoms with van der Waals surface area (Å²) in [6, 6.07) is 0. The SMILES string of the molecule is C=CC1(C)OC(O)OC1(C)C. The van der Waals surface area contributed by atoms with Crippen molar-refractivity contribution in [2.24, 2.45) is 0 Å². The van der Waals surface area contributed by atoms with Gasteiger partial charge in [0.1, 0.15) is 11.2 Å². The monoisotopic (exact) mass is 158 g/mol. The summed E-state index contributed by atoms with van der Waals surface area (Å²) < 4.78 is 10.2. The van der Waals surface area contributed by atoms with Crippen LogP contribution < -0.4 is 0 Å². The Balaban J connectivity index is 2.89. The van der Waals surface area contributed by atoms with E-state index in [1.807, 2.05) is 20.8 Å². The number of hydrogen-bond acceptors (Lipinski definition) is 3. The van der Waals surface area contributed by atoms with Crippen molar-refractivity contribution in [2.75, 3.05) is 0 Å². The van der Waals surface area contributed by atoms with Crippen molar-refractivity contribution in [3.05, 3.63) is 12.7 Å². The molecular weight excluding hydrogens is 144 g/mol. The topological polar surface area (TPSA) is 38.7 Å². The zero-order chi connectivity index (χ0) is 8.70. The van der Waals surface area contributed by atoms with E-state index in [1.54, 1.807) is 6.08 Å². The van der Waals surface area contributed by atoms with Crippen LogP contribution in [0.4, 0.5) is 0 Å². The van der Waals surface area contributed by atoms with Gasteiger partial charge in [-0.2, -0.15) is 0 Å². The Morgan fingerprint density at radius 3 is 2.09 bits per heavy atom. The van der Waals surface area contributed by atoms with Gasteiger partial charge in [0.05, 0.1) is 0 Å². The van der Waals surface area contributed by atoms with E-state index in [-0.39, 0.29) is 0 Å². The second-order valence-corrected chi connectivity index (χ2v) is 3.36. The van der Waals surface area contributed by atoms with E-state index < -0.39 is 17.7 Å². The zero-order valence-electron chi connectivity index (χ0n) is 7.13. The Hall–Kier alpha value is -0.380. The molecule has 1 fully saturated rings. The summed E-state index contributed by atoms with van der Waals surface area (Å²) in [5.74, 6) is 0. The first-order chi connectivity index (χ1) is 4.91. The smallest absolute Gasteiger partial charge is 0.270 e. The molecule has 11 heavy (non-hydrogen) atoms. The Morgan fingerprint density at radius 2 is 1.91 bits per heavy atom. The molecule has 1 aliphatic rings. The summed E-state index contributed by atoms with van der Waals surface area (Å²) in [5, 5.41) is 9.04. The maximum Gasteiger partial charge on any atom is 0.270 e. The molecule has 1 N–H and O–H groups in total. The largest absolute Gasteiger partial charge is 0.346 e. The predicted molar refractivity (Wildman–Crippen MR) is 40.9 cm³/mol. The summed E-state index contributed by atoms with van der Waals surface area (Å²) in [6.07, 6.45) is 1.64. The van der Waals surface area contributed by atoms with Crippen molar-refractivity contribution in [1.82, 2.24) is 0 Å². The predicted octanol–water partition coefficient (Wildman–Crippen LogP) is 1.03. The van der Waals surface area contributed by atoms with Crippen molar-refractivity contribution in [1.29, 1.82) is 0 Å². The lowest BCUT2D eigenvalue weighted by Gasteiger charge is -2.30. The Morgan fingerprint density at radius 1 is 1.36 bits per heavy atom. The fourth-order valence-electron chi connectivity index (χ4n) is 1.04. The lowest BCUT2D eigenvalue weighted by molar-refractivity contribution is -0.221. The molecule has 2 unspecified atom stereocenters. The van der Waals surface area contributed by atoms with Crippen molar-refractivity contribution in [3.63, 3.8) is 0 Å². The van der Waals surface area contributed by atoms with Gasteiger partial charge in [0.15, 0.2) is 0 Å². The van der Waals surface area contributed by atoms with Crippen LogP contribution in [0.25, 0.3) is 0 Å². The highest BCUT2D eigenvalue weighted by atomic mass is 16.8. The fraction of sp³-hybridized carbons (Fsp3) is 0.750. The first kappa shape index (κ1) is 8.71. The second-order valence-electron chi connectivity index (χ2n) is 3.36. The van der Waals surface area contributed by atoms with E-state index in [1.165, 1.54) is 0 Å². The summed E-state index contributed by atoms with van der Waals surface area (Å²) in [5.41, 5.74) is -1.12. The molecule has 2 atom stereocenters. The number of ether oxygens (including phenoxy) is 2. The summed E-state index contributed by atoms with van der Waals surface area (Å²) >= 11 is 0. The van der Waals surface area contributed by atoms with Gasteiger partial charge < -0.3 is 14.6 Å². The molecule has 1 aliphatic heterocycles. The maximum atomic E-state index is 9.04. The van der Waals surface area contributed by atoms with Crippen molar-refractivity contribution < 1.29 is 14.6 Å². The normalized spacial score (nSPS) is 42.4. The summed E-state index contributed by atoms with van der Waals surface area (Å²) in [4.78, 5) is 0. The molecule has 0 aromatic rings. The Bertz CT molecular complexity index is 176. The second kappa shape index (κ2) is 2.30. The molecule has 0 amide bonds. The van der Waals surface area contributed by atoms with Gasteiger partial charge in [-0.3, -0.25) is 0 Å². The molecule has 0 radical (unpaired) electrons. The molecule has 0 bridgehead atoms. The van der Waals surface area contributed by atoms with E-state index >= 15 is 0 Å². The maximum absolute atomic E-state index is 9.04. The van der Waals surface area contributed by atoms with Gasteiger partial charge in [0.2, 0.25) is 0 Å². The van der Waals surface area contributed by atoms with Crippen molar-refractivity contribution in [3.8, 4) is 0 Å². The molecule has 0 aliphatic carbocycles. The third-order valence-corrected chi connectivity index (χ3v) is 2.33. The van der Waals surface area contributed by atoms with Gasteiger partial charge in [0.25, 0.3) is 6.48 Å². The molecule has 1 saturated heterocycles. The summed E-state index contributed by atoms with van der Waals surface area (Å²) in [6.45, 7) is 8.03. The van der Waals surface area contributed by atoms with Crippen molar-refractivity contribution >= 4 is 0 Å². The van der Waals surface area contributed by atoms with Crippen LogP contribution in [0, 0.1) is 0 Å². The van der Waals surface area contributed by atoms with Crippen LogP contribution in [0.15, 0.2) is 12.7 Å². The van der Waals surface area contributed by atoms with Gasteiger partial charge in [-0.15, -0.1) is 6.58 Å². The average Bonchev–Trinajstić information content (AvgIpc) is 2.03. The molecule has 0 aromatic heterocycles. The van der Waals surface area contributed by atoms with Gasteiger partial charge in [-0.1, -0.05) is 6.08 Å².